The van der Waals surface area contributed by atoms with Crippen molar-refractivity contribution in [1.82, 2.24) is 0 Å². The Balaban J connectivity index is 0.000000151. The predicted octanol–water partition coefficient (Wildman–Crippen LogP) is 2.73. The molecule has 0 saturated carbocycles. The van der Waals surface area contributed by atoms with Crippen molar-refractivity contribution in [1.29, 1.82) is 0 Å². The zero-order valence-corrected chi connectivity index (χ0v) is 13.1. The maximum Gasteiger partial charge on any atom is 0.165 e. The minimum atomic E-state index is -0.319. The molecule has 0 spiro atoms. The first-order valence-electron chi connectivity index (χ1n) is 8.17. The first-order chi connectivity index (χ1) is 9.64. The quantitative estimate of drug-likeness (QED) is 0.866. The molecular formula is C16H30O4. The van der Waals surface area contributed by atoms with Gasteiger partial charge in [-0.3, -0.25) is 0 Å². The predicted molar refractivity (Wildman–Crippen MR) is 77.5 cm³/mol. The lowest BCUT2D eigenvalue weighted by atomic mass is 9.79. The second-order valence-corrected chi connectivity index (χ2v) is 6.30. The van der Waals surface area contributed by atoms with Crippen LogP contribution in [0.2, 0.25) is 0 Å². The number of fused-ring (bicyclic) bond motifs is 1. The standard InChI is InChI=1S/C8H14O3.C8H16O/c1-2-8-3-4-10-7(8)11-5-6(8)9;1-3-4-8-5-6-9-7(8)2/h6-7,9H,2-5H2,1H3;7-8H,3-6H2,1-2H3/t6-,7+,8-;7-,8-/m00/s1. The zero-order chi connectivity index (χ0) is 14.6. The van der Waals surface area contributed by atoms with Crippen LogP contribution in [0.3, 0.4) is 0 Å². The van der Waals surface area contributed by atoms with E-state index in [-0.39, 0.29) is 17.8 Å². The first kappa shape index (κ1) is 16.2. The Morgan fingerprint density at radius 2 is 1.95 bits per heavy atom. The van der Waals surface area contributed by atoms with Crippen molar-refractivity contribution in [3.8, 4) is 0 Å². The van der Waals surface area contributed by atoms with E-state index in [1.54, 1.807) is 0 Å². The summed E-state index contributed by atoms with van der Waals surface area (Å²) in [5.74, 6) is 0.856. The SMILES string of the molecule is CCC[C@H]1CCO[C@H]1C.CC[C@@]12CCO[C@@H]1OC[C@@H]2O. The van der Waals surface area contributed by atoms with E-state index >= 15 is 0 Å². The van der Waals surface area contributed by atoms with Crippen LogP contribution in [0.25, 0.3) is 0 Å². The molecule has 4 heteroatoms. The van der Waals surface area contributed by atoms with Crippen molar-refractivity contribution in [2.24, 2.45) is 11.3 Å². The Morgan fingerprint density at radius 3 is 2.50 bits per heavy atom. The summed E-state index contributed by atoms with van der Waals surface area (Å²) in [5.41, 5.74) is -0.0833. The third-order valence-corrected chi connectivity index (χ3v) is 5.23. The lowest BCUT2D eigenvalue weighted by Gasteiger charge is -2.26. The summed E-state index contributed by atoms with van der Waals surface area (Å²) in [7, 11) is 0. The summed E-state index contributed by atoms with van der Waals surface area (Å²) in [6, 6.07) is 0. The van der Waals surface area contributed by atoms with Crippen molar-refractivity contribution in [3.05, 3.63) is 0 Å². The fourth-order valence-electron chi connectivity index (χ4n) is 3.63. The molecule has 3 rings (SSSR count). The van der Waals surface area contributed by atoms with Gasteiger partial charge in [0, 0.05) is 6.61 Å². The highest BCUT2D eigenvalue weighted by Crippen LogP contribution is 2.46. The van der Waals surface area contributed by atoms with Crippen molar-refractivity contribution in [2.75, 3.05) is 19.8 Å². The monoisotopic (exact) mass is 286 g/mol. The van der Waals surface area contributed by atoms with Gasteiger partial charge < -0.3 is 19.3 Å². The lowest BCUT2D eigenvalue weighted by molar-refractivity contribution is -0.112. The number of aliphatic hydroxyl groups is 1. The number of hydrogen-bond donors (Lipinski definition) is 1. The van der Waals surface area contributed by atoms with Crippen molar-refractivity contribution < 1.29 is 19.3 Å². The van der Waals surface area contributed by atoms with E-state index in [4.69, 9.17) is 14.2 Å². The molecule has 5 atom stereocenters. The van der Waals surface area contributed by atoms with Crippen molar-refractivity contribution >= 4 is 0 Å². The van der Waals surface area contributed by atoms with Gasteiger partial charge >= 0.3 is 0 Å². The summed E-state index contributed by atoms with van der Waals surface area (Å²) >= 11 is 0. The molecule has 0 aromatic heterocycles. The van der Waals surface area contributed by atoms with E-state index in [2.05, 4.69) is 20.8 Å². The second-order valence-electron chi connectivity index (χ2n) is 6.30. The fourth-order valence-corrected chi connectivity index (χ4v) is 3.63. The van der Waals surface area contributed by atoms with Crippen LogP contribution in [0.4, 0.5) is 0 Å². The van der Waals surface area contributed by atoms with Gasteiger partial charge in [0.05, 0.1) is 30.8 Å². The zero-order valence-electron chi connectivity index (χ0n) is 13.1. The van der Waals surface area contributed by atoms with Crippen LogP contribution in [0.5, 0.6) is 0 Å². The molecule has 0 amide bonds. The largest absolute Gasteiger partial charge is 0.390 e. The average molecular weight is 286 g/mol. The van der Waals surface area contributed by atoms with E-state index in [0.29, 0.717) is 12.7 Å². The molecule has 4 nitrogen and oxygen atoms in total. The van der Waals surface area contributed by atoms with E-state index in [1.807, 2.05) is 0 Å². The number of aliphatic hydroxyl groups excluding tert-OH is 1. The normalized spacial score (nSPS) is 43.2. The lowest BCUT2D eigenvalue weighted by Crippen LogP contribution is -2.35. The first-order valence-corrected chi connectivity index (χ1v) is 8.17. The van der Waals surface area contributed by atoms with Gasteiger partial charge in [0.25, 0.3) is 0 Å². The summed E-state index contributed by atoms with van der Waals surface area (Å²) in [6.07, 6.45) is 5.90. The van der Waals surface area contributed by atoms with Gasteiger partial charge in [-0.1, -0.05) is 20.3 Å². The highest BCUT2D eigenvalue weighted by molar-refractivity contribution is 4.96. The van der Waals surface area contributed by atoms with Crippen LogP contribution < -0.4 is 0 Å². The molecule has 3 heterocycles. The van der Waals surface area contributed by atoms with Gasteiger partial charge in [0.1, 0.15) is 0 Å². The third kappa shape index (κ3) is 3.19. The smallest absolute Gasteiger partial charge is 0.165 e. The number of ether oxygens (including phenoxy) is 3. The Kier molecular flexibility index (Phi) is 5.84. The number of hydrogen-bond acceptors (Lipinski definition) is 4. The summed E-state index contributed by atoms with van der Waals surface area (Å²) in [6.45, 7) is 8.68. The van der Waals surface area contributed by atoms with Crippen LogP contribution >= 0.6 is 0 Å². The molecule has 0 unspecified atom stereocenters. The molecule has 1 N–H and O–H groups in total. The van der Waals surface area contributed by atoms with Gasteiger partial charge in [0.15, 0.2) is 6.29 Å². The molecule has 0 aromatic rings. The molecule has 3 aliphatic rings. The van der Waals surface area contributed by atoms with Gasteiger partial charge in [-0.15, -0.1) is 0 Å². The summed E-state index contributed by atoms with van der Waals surface area (Å²) < 4.78 is 16.1. The maximum atomic E-state index is 9.64. The molecule has 0 bridgehead atoms. The molecule has 3 saturated heterocycles. The Hall–Kier alpha value is -0.160. The summed E-state index contributed by atoms with van der Waals surface area (Å²) in [5, 5.41) is 9.64. The van der Waals surface area contributed by atoms with E-state index in [9.17, 15) is 5.11 Å². The van der Waals surface area contributed by atoms with Gasteiger partial charge in [-0.25, -0.2) is 0 Å². The minimum absolute atomic E-state index is 0.0833. The second kappa shape index (κ2) is 7.21. The molecule has 0 radical (unpaired) electrons. The van der Waals surface area contributed by atoms with Crippen LogP contribution in [0, 0.1) is 11.3 Å². The van der Waals surface area contributed by atoms with E-state index < -0.39 is 0 Å². The topological polar surface area (TPSA) is 47.9 Å². The van der Waals surface area contributed by atoms with Crippen LogP contribution in [-0.2, 0) is 14.2 Å². The van der Waals surface area contributed by atoms with Crippen LogP contribution in [0.1, 0.15) is 52.9 Å². The molecule has 3 aliphatic heterocycles. The minimum Gasteiger partial charge on any atom is -0.390 e. The summed E-state index contributed by atoms with van der Waals surface area (Å²) in [4.78, 5) is 0. The van der Waals surface area contributed by atoms with Gasteiger partial charge in [0.2, 0.25) is 0 Å². The third-order valence-electron chi connectivity index (χ3n) is 5.23. The molecule has 118 valence electrons. The highest BCUT2D eigenvalue weighted by atomic mass is 16.7. The Morgan fingerprint density at radius 1 is 1.15 bits per heavy atom. The van der Waals surface area contributed by atoms with E-state index in [0.717, 1.165) is 32.0 Å². The average Bonchev–Trinajstić information content (AvgIpc) is 3.10. The van der Waals surface area contributed by atoms with Gasteiger partial charge in [-0.2, -0.15) is 0 Å². The van der Waals surface area contributed by atoms with Crippen LogP contribution in [-0.4, -0.2) is 43.4 Å². The van der Waals surface area contributed by atoms with Gasteiger partial charge in [-0.05, 0) is 38.5 Å². The van der Waals surface area contributed by atoms with Crippen LogP contribution in [0.15, 0.2) is 0 Å². The molecule has 20 heavy (non-hydrogen) atoms. The Labute approximate surface area is 122 Å². The fraction of sp³-hybridized carbons (Fsp3) is 1.00. The number of rotatable bonds is 3. The van der Waals surface area contributed by atoms with Crippen molar-refractivity contribution in [2.45, 2.75) is 71.4 Å². The highest BCUT2D eigenvalue weighted by Gasteiger charge is 2.53. The molecule has 0 aromatic carbocycles. The molecular weight excluding hydrogens is 256 g/mol. The molecule has 0 aliphatic carbocycles. The molecule has 3 fully saturated rings. The van der Waals surface area contributed by atoms with Crippen molar-refractivity contribution in [3.63, 3.8) is 0 Å². The maximum absolute atomic E-state index is 9.64. The van der Waals surface area contributed by atoms with E-state index in [1.165, 1.54) is 19.3 Å². The Bertz CT molecular complexity index is 296.